The van der Waals surface area contributed by atoms with Crippen molar-refractivity contribution in [2.75, 3.05) is 38.2 Å². The highest BCUT2D eigenvalue weighted by Crippen LogP contribution is 2.30. The van der Waals surface area contributed by atoms with Crippen LogP contribution in [0.15, 0.2) is 48.5 Å². The Balaban J connectivity index is 1.23. The lowest BCUT2D eigenvalue weighted by atomic mass is 10.0. The first-order valence-corrected chi connectivity index (χ1v) is 11.6. The van der Waals surface area contributed by atoms with Crippen LogP contribution in [-0.2, 0) is 0 Å². The molecule has 2 heterocycles. The first-order valence-electron chi connectivity index (χ1n) is 10.4. The van der Waals surface area contributed by atoms with Gasteiger partial charge in [0.1, 0.15) is 5.75 Å². The summed E-state index contributed by atoms with van der Waals surface area (Å²) in [6.45, 7) is 4.17. The number of thiazole rings is 1. The maximum Gasteiger partial charge on any atom is 0.186 e. The summed E-state index contributed by atoms with van der Waals surface area (Å²) in [4.78, 5) is 9.82. The zero-order chi connectivity index (χ0) is 20.1. The number of piperidine rings is 1. The van der Waals surface area contributed by atoms with Gasteiger partial charge in [0.2, 0.25) is 0 Å². The number of nitrogens with zero attached hydrogens (tertiary/aromatic N) is 3. The van der Waals surface area contributed by atoms with Crippen LogP contribution in [0.2, 0.25) is 5.02 Å². The van der Waals surface area contributed by atoms with E-state index >= 15 is 0 Å². The van der Waals surface area contributed by atoms with E-state index in [1.54, 1.807) is 11.3 Å². The number of likely N-dealkylation sites (N-methyl/N-ethyl adjacent to an activating group) is 1. The lowest BCUT2D eigenvalue weighted by Crippen LogP contribution is -2.46. The molecule has 0 bridgehead atoms. The van der Waals surface area contributed by atoms with Crippen LogP contribution >= 0.6 is 22.9 Å². The molecule has 1 aliphatic rings. The summed E-state index contributed by atoms with van der Waals surface area (Å²) < 4.78 is 7.07. The van der Waals surface area contributed by atoms with Gasteiger partial charge in [-0.15, -0.1) is 0 Å². The Morgan fingerprint density at radius 1 is 1.21 bits per heavy atom. The fraction of sp³-hybridized carbons (Fsp3) is 0.435. The summed E-state index contributed by atoms with van der Waals surface area (Å²) in [7, 11) is 2.20. The number of hydrogen-bond acceptors (Lipinski definition) is 5. The van der Waals surface area contributed by atoms with Gasteiger partial charge in [-0.3, -0.25) is 0 Å². The third-order valence-corrected chi connectivity index (χ3v) is 6.91. The Morgan fingerprint density at radius 3 is 2.97 bits per heavy atom. The smallest absolute Gasteiger partial charge is 0.186 e. The molecule has 1 aromatic heterocycles. The first-order chi connectivity index (χ1) is 14.2. The van der Waals surface area contributed by atoms with Crippen molar-refractivity contribution < 1.29 is 4.74 Å². The van der Waals surface area contributed by atoms with Crippen molar-refractivity contribution in [1.29, 1.82) is 0 Å². The highest BCUT2D eigenvalue weighted by molar-refractivity contribution is 7.22. The normalized spacial score (nSPS) is 17.5. The van der Waals surface area contributed by atoms with Crippen molar-refractivity contribution in [1.82, 2.24) is 9.88 Å². The summed E-state index contributed by atoms with van der Waals surface area (Å²) in [5.74, 6) is 0.855. The highest BCUT2D eigenvalue weighted by Gasteiger charge is 2.24. The molecule has 1 unspecified atom stereocenters. The molecule has 1 aliphatic heterocycles. The fourth-order valence-corrected chi connectivity index (χ4v) is 5.08. The predicted molar refractivity (Wildman–Crippen MR) is 124 cm³/mol. The Hall–Kier alpha value is -1.82. The molecule has 0 spiro atoms. The van der Waals surface area contributed by atoms with Gasteiger partial charge in [0.25, 0.3) is 0 Å². The molecule has 29 heavy (non-hydrogen) atoms. The van der Waals surface area contributed by atoms with E-state index < -0.39 is 0 Å². The van der Waals surface area contributed by atoms with Crippen LogP contribution in [0.1, 0.15) is 25.7 Å². The average molecular weight is 430 g/mol. The number of halogens is 1. The van der Waals surface area contributed by atoms with Gasteiger partial charge in [0.05, 0.1) is 16.8 Å². The number of para-hydroxylation sites is 1. The lowest BCUT2D eigenvalue weighted by Gasteiger charge is -2.37. The molecule has 2 aromatic carbocycles. The molecule has 0 aliphatic carbocycles. The van der Waals surface area contributed by atoms with Crippen LogP contribution in [0.3, 0.4) is 0 Å². The van der Waals surface area contributed by atoms with Crippen LogP contribution in [0.5, 0.6) is 5.75 Å². The van der Waals surface area contributed by atoms with E-state index in [1.165, 1.54) is 24.1 Å². The molecule has 0 N–H and O–H groups in total. The number of likely N-dealkylation sites (tertiary alicyclic amines) is 1. The first kappa shape index (κ1) is 20.5. The molecular weight excluding hydrogens is 402 g/mol. The third kappa shape index (κ3) is 5.41. The molecule has 0 amide bonds. The third-order valence-electron chi connectivity index (χ3n) is 5.55. The monoisotopic (exact) mass is 429 g/mol. The second kappa shape index (κ2) is 9.79. The predicted octanol–water partition coefficient (Wildman–Crippen LogP) is 5.71. The number of benzene rings is 2. The maximum absolute atomic E-state index is 6.00. The molecule has 4 nitrogen and oxygen atoms in total. The molecule has 0 saturated carbocycles. The van der Waals surface area contributed by atoms with Crippen molar-refractivity contribution in [3.05, 3.63) is 53.6 Å². The van der Waals surface area contributed by atoms with Crippen LogP contribution < -0.4 is 9.64 Å². The number of fused-ring (bicyclic) bond motifs is 1. The number of ether oxygens (including phenoxy) is 1. The summed E-state index contributed by atoms with van der Waals surface area (Å²) in [6, 6.07) is 16.6. The van der Waals surface area contributed by atoms with E-state index in [0.29, 0.717) is 6.04 Å². The van der Waals surface area contributed by atoms with Gasteiger partial charge in [-0.25, -0.2) is 4.98 Å². The quantitative estimate of drug-likeness (QED) is 0.429. The minimum Gasteiger partial charge on any atom is -0.494 e. The van der Waals surface area contributed by atoms with E-state index in [0.717, 1.165) is 54.0 Å². The van der Waals surface area contributed by atoms with Crippen molar-refractivity contribution in [3.8, 4) is 5.75 Å². The van der Waals surface area contributed by atoms with E-state index in [4.69, 9.17) is 21.3 Å². The summed E-state index contributed by atoms with van der Waals surface area (Å²) >= 11 is 7.79. The van der Waals surface area contributed by atoms with E-state index in [2.05, 4.69) is 41.1 Å². The molecule has 6 heteroatoms. The Bertz CT molecular complexity index is 898. The molecule has 4 rings (SSSR count). The van der Waals surface area contributed by atoms with Gasteiger partial charge < -0.3 is 14.5 Å². The second-order valence-electron chi connectivity index (χ2n) is 7.68. The minimum absolute atomic E-state index is 0.534. The highest BCUT2D eigenvalue weighted by atomic mass is 35.5. The average Bonchev–Trinajstić information content (AvgIpc) is 3.17. The van der Waals surface area contributed by atoms with Crippen molar-refractivity contribution in [3.63, 3.8) is 0 Å². The summed E-state index contributed by atoms with van der Waals surface area (Å²) in [6.07, 6.45) is 4.69. The van der Waals surface area contributed by atoms with Crippen LogP contribution in [-0.4, -0.2) is 49.2 Å². The lowest BCUT2D eigenvalue weighted by molar-refractivity contribution is 0.197. The van der Waals surface area contributed by atoms with Gasteiger partial charge in [-0.2, -0.15) is 0 Å². The Kier molecular flexibility index (Phi) is 6.90. The summed E-state index contributed by atoms with van der Waals surface area (Å²) in [5.41, 5.74) is 1.10. The number of anilines is 1. The number of aromatic nitrogens is 1. The van der Waals surface area contributed by atoms with Crippen LogP contribution in [0.4, 0.5) is 5.13 Å². The second-order valence-corrected chi connectivity index (χ2v) is 9.13. The number of rotatable bonds is 8. The number of unbranched alkanes of at least 4 members (excludes halogenated alkanes) is 1. The van der Waals surface area contributed by atoms with Crippen LogP contribution in [0.25, 0.3) is 10.2 Å². The molecule has 0 radical (unpaired) electrons. The van der Waals surface area contributed by atoms with Gasteiger partial charge >= 0.3 is 0 Å². The Morgan fingerprint density at radius 2 is 2.10 bits per heavy atom. The van der Waals surface area contributed by atoms with Gasteiger partial charge in [0.15, 0.2) is 5.13 Å². The van der Waals surface area contributed by atoms with Crippen LogP contribution in [0, 0.1) is 0 Å². The summed E-state index contributed by atoms with van der Waals surface area (Å²) in [5, 5.41) is 1.85. The maximum atomic E-state index is 6.00. The molecule has 154 valence electrons. The Labute approximate surface area is 182 Å². The molecule has 3 aromatic rings. The zero-order valence-electron chi connectivity index (χ0n) is 16.9. The van der Waals surface area contributed by atoms with Gasteiger partial charge in [0, 0.05) is 24.7 Å². The van der Waals surface area contributed by atoms with E-state index in [-0.39, 0.29) is 0 Å². The van der Waals surface area contributed by atoms with E-state index in [1.807, 2.05) is 24.3 Å². The number of hydrogen-bond donors (Lipinski definition) is 0. The standard InChI is InChI=1S/C23H28ClN3OS/c1-26(23-25-21-11-2-3-12-22(21)29-23)19-9-7-14-27(17-19)13-4-5-15-28-20-10-6-8-18(24)16-20/h2-3,6,8,10-12,16,19H,4-5,7,9,13-15,17H2,1H3. The van der Waals surface area contributed by atoms with Gasteiger partial charge in [-0.1, -0.05) is 41.1 Å². The van der Waals surface area contributed by atoms with E-state index in [9.17, 15) is 0 Å². The zero-order valence-corrected chi connectivity index (χ0v) is 18.5. The molecule has 1 saturated heterocycles. The van der Waals surface area contributed by atoms with Gasteiger partial charge in [-0.05, 0) is 69.1 Å². The van der Waals surface area contributed by atoms with Crippen molar-refractivity contribution in [2.24, 2.45) is 0 Å². The molecule has 1 fully saturated rings. The fourth-order valence-electron chi connectivity index (χ4n) is 3.90. The largest absolute Gasteiger partial charge is 0.494 e. The SMILES string of the molecule is CN(c1nc2ccccc2s1)C1CCCN(CCCCOc2cccc(Cl)c2)C1. The van der Waals surface area contributed by atoms with Crippen molar-refractivity contribution >= 4 is 38.3 Å². The molecule has 1 atom stereocenters. The molecular formula is C23H28ClN3OS. The van der Waals surface area contributed by atoms with Crippen molar-refractivity contribution in [2.45, 2.75) is 31.7 Å². The minimum atomic E-state index is 0.534. The topological polar surface area (TPSA) is 28.6 Å².